The van der Waals surface area contributed by atoms with Crippen LogP contribution in [0.5, 0.6) is 0 Å². The Bertz CT molecular complexity index is 155. The molecule has 0 aromatic heterocycles. The molecule has 0 unspecified atom stereocenters. The molecule has 12 heavy (non-hydrogen) atoms. The van der Waals surface area contributed by atoms with Crippen LogP contribution in [0.25, 0.3) is 0 Å². The third-order valence-electron chi connectivity index (χ3n) is 2.05. The molecule has 0 radical (unpaired) electrons. The zero-order valence-corrected chi connectivity index (χ0v) is 8.60. The summed E-state index contributed by atoms with van der Waals surface area (Å²) in [5.41, 5.74) is -0.719. The molecular formula is C9H19NO2. The van der Waals surface area contributed by atoms with Crippen LogP contribution in [0.2, 0.25) is 0 Å². The monoisotopic (exact) mass is 173 g/mol. The fourth-order valence-corrected chi connectivity index (χ4v) is 0.592. The normalized spacial score (nSPS) is 14.1. The molecule has 72 valence electrons. The zero-order valence-electron chi connectivity index (χ0n) is 8.60. The van der Waals surface area contributed by atoms with Crippen molar-refractivity contribution in [3.05, 3.63) is 0 Å². The second-order valence-electron chi connectivity index (χ2n) is 3.50. The van der Waals surface area contributed by atoms with Crippen LogP contribution < -0.4 is 5.32 Å². The van der Waals surface area contributed by atoms with E-state index < -0.39 is 5.60 Å². The summed E-state index contributed by atoms with van der Waals surface area (Å²) in [6, 6.07) is 0.215. The summed E-state index contributed by atoms with van der Waals surface area (Å²) in [5, 5.41) is 2.86. The number of hydrogen-bond acceptors (Lipinski definition) is 2. The third-order valence-corrected chi connectivity index (χ3v) is 2.05. The molecule has 0 bridgehead atoms. The van der Waals surface area contributed by atoms with Gasteiger partial charge in [-0.3, -0.25) is 4.79 Å². The van der Waals surface area contributed by atoms with Gasteiger partial charge in [0.2, 0.25) is 0 Å². The Labute approximate surface area is 74.5 Å². The van der Waals surface area contributed by atoms with Gasteiger partial charge in [0, 0.05) is 13.2 Å². The lowest BCUT2D eigenvalue weighted by atomic mass is 10.1. The Balaban J connectivity index is 4.03. The molecule has 0 rings (SSSR count). The maximum absolute atomic E-state index is 11.4. The van der Waals surface area contributed by atoms with Gasteiger partial charge in [-0.1, -0.05) is 6.92 Å². The van der Waals surface area contributed by atoms with Crippen LogP contribution in [0.1, 0.15) is 34.1 Å². The molecule has 0 fully saturated rings. The molecule has 0 spiro atoms. The Kier molecular flexibility index (Phi) is 4.24. The minimum absolute atomic E-state index is 0.0562. The highest BCUT2D eigenvalue weighted by molar-refractivity contribution is 5.84. The summed E-state index contributed by atoms with van der Waals surface area (Å²) in [6.07, 6.45) is 0.936. The smallest absolute Gasteiger partial charge is 0.251 e. The Morgan fingerprint density at radius 2 is 2.08 bits per heavy atom. The Morgan fingerprint density at radius 1 is 1.58 bits per heavy atom. The van der Waals surface area contributed by atoms with Crippen molar-refractivity contribution in [2.24, 2.45) is 0 Å². The van der Waals surface area contributed by atoms with Gasteiger partial charge in [0.15, 0.2) is 0 Å². The number of carbonyl (C=O) groups excluding carboxylic acids is 1. The second-order valence-corrected chi connectivity index (χ2v) is 3.50. The molecule has 0 aromatic rings. The van der Waals surface area contributed by atoms with Crippen LogP contribution in [0.3, 0.4) is 0 Å². The van der Waals surface area contributed by atoms with Gasteiger partial charge in [-0.25, -0.2) is 0 Å². The highest BCUT2D eigenvalue weighted by Gasteiger charge is 2.27. The van der Waals surface area contributed by atoms with Gasteiger partial charge in [-0.05, 0) is 27.2 Å². The maximum Gasteiger partial charge on any atom is 0.251 e. The number of ether oxygens (including phenoxy) is 1. The molecule has 0 saturated heterocycles. The minimum atomic E-state index is -0.719. The van der Waals surface area contributed by atoms with E-state index >= 15 is 0 Å². The lowest BCUT2D eigenvalue weighted by Gasteiger charge is -2.23. The first-order valence-corrected chi connectivity index (χ1v) is 4.30. The quantitative estimate of drug-likeness (QED) is 0.696. The van der Waals surface area contributed by atoms with Crippen molar-refractivity contribution in [3.63, 3.8) is 0 Å². The molecule has 3 heteroatoms. The largest absolute Gasteiger partial charge is 0.369 e. The summed E-state index contributed by atoms with van der Waals surface area (Å²) in [7, 11) is 1.54. The van der Waals surface area contributed by atoms with Crippen molar-refractivity contribution >= 4 is 5.91 Å². The average Bonchev–Trinajstić information content (AvgIpc) is 2.04. The summed E-state index contributed by atoms with van der Waals surface area (Å²) in [6.45, 7) is 7.52. The van der Waals surface area contributed by atoms with E-state index in [1.54, 1.807) is 13.8 Å². The van der Waals surface area contributed by atoms with Gasteiger partial charge in [0.05, 0.1) is 0 Å². The van der Waals surface area contributed by atoms with Gasteiger partial charge in [-0.15, -0.1) is 0 Å². The van der Waals surface area contributed by atoms with Crippen molar-refractivity contribution in [3.8, 4) is 0 Å². The van der Waals surface area contributed by atoms with Crippen LogP contribution in [-0.4, -0.2) is 24.7 Å². The first-order chi connectivity index (χ1) is 5.44. The zero-order chi connectivity index (χ0) is 9.78. The molecule has 0 aliphatic heterocycles. The molecule has 0 saturated carbocycles. The molecule has 1 atom stereocenters. The highest BCUT2D eigenvalue weighted by atomic mass is 16.5. The molecular weight excluding hydrogens is 154 g/mol. The van der Waals surface area contributed by atoms with Gasteiger partial charge < -0.3 is 10.1 Å². The third kappa shape index (κ3) is 3.22. The van der Waals surface area contributed by atoms with Gasteiger partial charge in [0.25, 0.3) is 5.91 Å². The van der Waals surface area contributed by atoms with E-state index in [2.05, 4.69) is 5.32 Å². The lowest BCUT2D eigenvalue weighted by molar-refractivity contribution is -0.140. The van der Waals surface area contributed by atoms with Gasteiger partial charge >= 0.3 is 0 Å². The number of amides is 1. The van der Waals surface area contributed by atoms with Crippen molar-refractivity contribution < 1.29 is 9.53 Å². The van der Waals surface area contributed by atoms with Gasteiger partial charge in [-0.2, -0.15) is 0 Å². The summed E-state index contributed by atoms with van der Waals surface area (Å²) >= 11 is 0. The molecule has 1 amide bonds. The SMILES string of the molecule is CC[C@@H](C)NC(=O)C(C)(C)OC. The lowest BCUT2D eigenvalue weighted by Crippen LogP contribution is -2.46. The van der Waals surface area contributed by atoms with Crippen molar-refractivity contribution in [2.45, 2.75) is 45.8 Å². The van der Waals surface area contributed by atoms with Crippen molar-refractivity contribution in [1.82, 2.24) is 5.32 Å². The predicted octanol–water partition coefficient (Wildman–Crippen LogP) is 1.33. The molecule has 0 aliphatic rings. The second kappa shape index (κ2) is 4.45. The fraction of sp³-hybridized carbons (Fsp3) is 0.889. The molecule has 0 aromatic carbocycles. The van der Waals surface area contributed by atoms with E-state index in [4.69, 9.17) is 4.74 Å². The average molecular weight is 173 g/mol. The fourth-order valence-electron chi connectivity index (χ4n) is 0.592. The van der Waals surface area contributed by atoms with Crippen LogP contribution in [0.4, 0.5) is 0 Å². The number of carbonyl (C=O) groups is 1. The first kappa shape index (κ1) is 11.4. The van der Waals surface area contributed by atoms with E-state index in [9.17, 15) is 4.79 Å². The van der Waals surface area contributed by atoms with E-state index in [1.165, 1.54) is 7.11 Å². The van der Waals surface area contributed by atoms with Gasteiger partial charge in [0.1, 0.15) is 5.60 Å². The van der Waals surface area contributed by atoms with Crippen LogP contribution in [0.15, 0.2) is 0 Å². The number of methoxy groups -OCH3 is 1. The van der Waals surface area contributed by atoms with Crippen molar-refractivity contribution in [2.75, 3.05) is 7.11 Å². The van der Waals surface area contributed by atoms with Crippen LogP contribution in [-0.2, 0) is 9.53 Å². The number of nitrogens with one attached hydrogen (secondary N) is 1. The maximum atomic E-state index is 11.4. The summed E-state index contributed by atoms with van der Waals surface area (Å²) < 4.78 is 5.03. The first-order valence-electron chi connectivity index (χ1n) is 4.30. The van der Waals surface area contributed by atoms with Crippen LogP contribution in [0, 0.1) is 0 Å². The van der Waals surface area contributed by atoms with E-state index in [-0.39, 0.29) is 11.9 Å². The van der Waals surface area contributed by atoms with E-state index in [0.29, 0.717) is 0 Å². The minimum Gasteiger partial charge on any atom is -0.369 e. The Morgan fingerprint density at radius 3 is 2.42 bits per heavy atom. The topological polar surface area (TPSA) is 38.3 Å². The molecule has 0 aliphatic carbocycles. The standard InChI is InChI=1S/C9H19NO2/c1-6-7(2)10-8(11)9(3,4)12-5/h7H,6H2,1-5H3,(H,10,11)/t7-/m1/s1. The van der Waals surface area contributed by atoms with E-state index in [1.807, 2.05) is 13.8 Å². The molecule has 0 heterocycles. The van der Waals surface area contributed by atoms with Crippen molar-refractivity contribution in [1.29, 1.82) is 0 Å². The summed E-state index contributed by atoms with van der Waals surface area (Å²) in [4.78, 5) is 11.4. The number of hydrogen-bond donors (Lipinski definition) is 1. The molecule has 1 N–H and O–H groups in total. The summed E-state index contributed by atoms with van der Waals surface area (Å²) in [5.74, 6) is -0.0562. The molecule has 3 nitrogen and oxygen atoms in total. The number of rotatable bonds is 4. The predicted molar refractivity (Wildman–Crippen MR) is 49.0 cm³/mol. The highest BCUT2D eigenvalue weighted by Crippen LogP contribution is 2.07. The van der Waals surface area contributed by atoms with Crippen LogP contribution >= 0.6 is 0 Å². The Hall–Kier alpha value is -0.570. The van der Waals surface area contributed by atoms with E-state index in [0.717, 1.165) is 6.42 Å².